The molecule has 0 aromatic carbocycles. The highest BCUT2D eigenvalue weighted by Gasteiger charge is 2.12. The van der Waals surface area contributed by atoms with Crippen molar-refractivity contribution in [2.75, 3.05) is 19.6 Å². The van der Waals surface area contributed by atoms with Gasteiger partial charge in [0.05, 0.1) is 13.1 Å². The number of unbranched alkanes of at least 4 members (excludes halogenated alkanes) is 15. The SMILES string of the molecule is CCCCCCCCCCCCCCCCCCN(CC(=O)O)CC(=O)O. The first kappa shape index (κ1) is 25.9. The Morgan fingerprint density at radius 1 is 0.556 bits per heavy atom. The largest absolute Gasteiger partial charge is 0.480 e. The zero-order valence-corrected chi connectivity index (χ0v) is 17.6. The van der Waals surface area contributed by atoms with E-state index in [0.717, 1.165) is 19.3 Å². The van der Waals surface area contributed by atoms with Crippen molar-refractivity contribution in [3.8, 4) is 0 Å². The van der Waals surface area contributed by atoms with Crippen molar-refractivity contribution in [1.82, 2.24) is 4.90 Å². The van der Waals surface area contributed by atoms with Crippen molar-refractivity contribution in [3.05, 3.63) is 0 Å². The van der Waals surface area contributed by atoms with Crippen LogP contribution in [0.1, 0.15) is 110 Å². The molecule has 0 bridgehead atoms. The van der Waals surface area contributed by atoms with E-state index in [1.807, 2.05) is 0 Å². The maximum Gasteiger partial charge on any atom is 0.317 e. The van der Waals surface area contributed by atoms with E-state index < -0.39 is 11.9 Å². The lowest BCUT2D eigenvalue weighted by atomic mass is 10.0. The fraction of sp³-hybridized carbons (Fsp3) is 0.909. The summed E-state index contributed by atoms with van der Waals surface area (Å²) in [5, 5.41) is 17.6. The second kappa shape index (κ2) is 19.7. The summed E-state index contributed by atoms with van der Waals surface area (Å²) in [4.78, 5) is 23.0. The van der Waals surface area contributed by atoms with Crippen molar-refractivity contribution in [2.45, 2.75) is 110 Å². The first-order valence-electron chi connectivity index (χ1n) is 11.2. The van der Waals surface area contributed by atoms with Crippen molar-refractivity contribution in [1.29, 1.82) is 0 Å². The van der Waals surface area contributed by atoms with Crippen molar-refractivity contribution < 1.29 is 19.8 Å². The minimum Gasteiger partial charge on any atom is -0.480 e. The molecule has 0 saturated heterocycles. The zero-order chi connectivity index (χ0) is 20.2. The Balaban J connectivity index is 3.32. The molecule has 0 aliphatic heterocycles. The summed E-state index contributed by atoms with van der Waals surface area (Å²) in [5.74, 6) is -1.93. The summed E-state index contributed by atoms with van der Waals surface area (Å²) in [6, 6.07) is 0. The van der Waals surface area contributed by atoms with E-state index in [4.69, 9.17) is 10.2 Å². The van der Waals surface area contributed by atoms with E-state index in [9.17, 15) is 9.59 Å². The van der Waals surface area contributed by atoms with Crippen LogP contribution in [0.3, 0.4) is 0 Å². The van der Waals surface area contributed by atoms with Crippen LogP contribution in [-0.2, 0) is 9.59 Å². The molecule has 0 aromatic heterocycles. The number of nitrogens with zero attached hydrogens (tertiary/aromatic N) is 1. The highest BCUT2D eigenvalue weighted by Crippen LogP contribution is 2.13. The summed E-state index contributed by atoms with van der Waals surface area (Å²) >= 11 is 0. The normalized spacial score (nSPS) is 11.2. The molecule has 0 aromatic rings. The van der Waals surface area contributed by atoms with Gasteiger partial charge in [0.1, 0.15) is 0 Å². The van der Waals surface area contributed by atoms with E-state index in [0.29, 0.717) is 6.54 Å². The van der Waals surface area contributed by atoms with Crippen LogP contribution < -0.4 is 0 Å². The third-order valence-electron chi connectivity index (χ3n) is 5.05. The van der Waals surface area contributed by atoms with Gasteiger partial charge in [-0.1, -0.05) is 103 Å². The molecule has 0 atom stereocenters. The second-order valence-corrected chi connectivity index (χ2v) is 7.80. The predicted octanol–water partition coefficient (Wildman–Crippen LogP) is 5.72. The lowest BCUT2D eigenvalue weighted by Crippen LogP contribution is -2.35. The molecule has 0 aliphatic carbocycles. The van der Waals surface area contributed by atoms with Gasteiger partial charge in [0.25, 0.3) is 0 Å². The van der Waals surface area contributed by atoms with Crippen LogP contribution in [0.5, 0.6) is 0 Å². The standard InChI is InChI=1S/C22H43NO4/c1-2-3-4-5-6-7-8-9-10-11-12-13-14-15-16-17-18-23(19-21(24)25)20-22(26)27/h2-20H2,1H3,(H,24,25)(H,26,27). The van der Waals surface area contributed by atoms with Crippen LogP contribution in [0.2, 0.25) is 0 Å². The lowest BCUT2D eigenvalue weighted by molar-refractivity contribution is -0.141. The number of carbonyl (C=O) groups is 2. The molecule has 5 heteroatoms. The molecule has 0 amide bonds. The topological polar surface area (TPSA) is 77.8 Å². The van der Waals surface area contributed by atoms with Crippen LogP contribution in [-0.4, -0.2) is 46.7 Å². The molecule has 0 heterocycles. The highest BCUT2D eigenvalue weighted by molar-refractivity contribution is 5.72. The summed E-state index contributed by atoms with van der Waals surface area (Å²) in [6.45, 7) is 2.44. The third kappa shape index (κ3) is 21.1. The second-order valence-electron chi connectivity index (χ2n) is 7.80. The number of carboxylic acid groups (broad SMARTS) is 2. The molecular formula is C22H43NO4. The molecule has 27 heavy (non-hydrogen) atoms. The monoisotopic (exact) mass is 385 g/mol. The van der Waals surface area contributed by atoms with E-state index in [1.165, 1.54) is 88.4 Å². The van der Waals surface area contributed by atoms with E-state index in [1.54, 1.807) is 0 Å². The average Bonchev–Trinajstić information content (AvgIpc) is 2.60. The summed E-state index contributed by atoms with van der Waals surface area (Å²) < 4.78 is 0. The van der Waals surface area contributed by atoms with E-state index in [-0.39, 0.29) is 13.1 Å². The molecule has 0 saturated carbocycles. The van der Waals surface area contributed by atoms with Gasteiger partial charge in [-0.2, -0.15) is 0 Å². The van der Waals surface area contributed by atoms with Crippen LogP contribution >= 0.6 is 0 Å². The van der Waals surface area contributed by atoms with Crippen LogP contribution in [0, 0.1) is 0 Å². The Labute approximate surface area is 166 Å². The van der Waals surface area contributed by atoms with Gasteiger partial charge < -0.3 is 10.2 Å². The molecule has 0 rings (SSSR count). The third-order valence-corrected chi connectivity index (χ3v) is 5.05. The van der Waals surface area contributed by atoms with E-state index in [2.05, 4.69) is 6.92 Å². The lowest BCUT2D eigenvalue weighted by Gasteiger charge is -2.17. The molecule has 0 fully saturated rings. The predicted molar refractivity (Wildman–Crippen MR) is 111 cm³/mol. The van der Waals surface area contributed by atoms with Gasteiger partial charge in [-0.15, -0.1) is 0 Å². The Hall–Kier alpha value is -1.10. The molecule has 0 radical (unpaired) electrons. The number of carboxylic acids is 2. The minimum atomic E-state index is -0.965. The van der Waals surface area contributed by atoms with Crippen LogP contribution in [0.4, 0.5) is 0 Å². The molecule has 0 spiro atoms. The minimum absolute atomic E-state index is 0.189. The smallest absolute Gasteiger partial charge is 0.317 e. The van der Waals surface area contributed by atoms with Gasteiger partial charge in [-0.25, -0.2) is 0 Å². The Morgan fingerprint density at radius 2 is 0.852 bits per heavy atom. The summed E-state index contributed by atoms with van der Waals surface area (Å²) in [5.41, 5.74) is 0. The quantitative estimate of drug-likeness (QED) is 0.247. The van der Waals surface area contributed by atoms with Gasteiger partial charge in [0.15, 0.2) is 0 Å². The summed E-state index contributed by atoms with van der Waals surface area (Å²) in [6.07, 6.45) is 20.8. The van der Waals surface area contributed by atoms with Gasteiger partial charge in [-0.05, 0) is 13.0 Å². The first-order chi connectivity index (χ1) is 13.1. The van der Waals surface area contributed by atoms with Gasteiger partial charge in [-0.3, -0.25) is 14.5 Å². The number of hydrogen-bond donors (Lipinski definition) is 2. The Bertz CT molecular complexity index is 344. The molecule has 5 nitrogen and oxygen atoms in total. The number of aliphatic carboxylic acids is 2. The van der Waals surface area contributed by atoms with Crippen molar-refractivity contribution >= 4 is 11.9 Å². The highest BCUT2D eigenvalue weighted by atomic mass is 16.4. The Morgan fingerprint density at radius 3 is 1.15 bits per heavy atom. The van der Waals surface area contributed by atoms with Crippen molar-refractivity contribution in [3.63, 3.8) is 0 Å². The summed E-state index contributed by atoms with van der Waals surface area (Å²) in [7, 11) is 0. The van der Waals surface area contributed by atoms with Gasteiger partial charge >= 0.3 is 11.9 Å². The van der Waals surface area contributed by atoms with Gasteiger partial charge in [0, 0.05) is 0 Å². The maximum absolute atomic E-state index is 10.7. The first-order valence-corrected chi connectivity index (χ1v) is 11.2. The van der Waals surface area contributed by atoms with Crippen LogP contribution in [0.15, 0.2) is 0 Å². The number of hydrogen-bond acceptors (Lipinski definition) is 3. The molecular weight excluding hydrogens is 342 g/mol. The maximum atomic E-state index is 10.7. The Kier molecular flexibility index (Phi) is 18.9. The van der Waals surface area contributed by atoms with E-state index >= 15 is 0 Å². The molecule has 2 N–H and O–H groups in total. The molecule has 160 valence electrons. The number of rotatable bonds is 21. The molecule has 0 unspecified atom stereocenters. The fourth-order valence-electron chi connectivity index (χ4n) is 3.48. The fourth-order valence-corrected chi connectivity index (χ4v) is 3.48. The van der Waals surface area contributed by atoms with Gasteiger partial charge in [0.2, 0.25) is 0 Å². The van der Waals surface area contributed by atoms with Crippen molar-refractivity contribution in [2.24, 2.45) is 0 Å². The van der Waals surface area contributed by atoms with Crippen LogP contribution in [0.25, 0.3) is 0 Å². The zero-order valence-electron chi connectivity index (χ0n) is 17.6. The molecule has 0 aliphatic rings. The average molecular weight is 386 g/mol.